The third kappa shape index (κ3) is 2.06. The number of rotatable bonds is 3. The molecule has 0 amide bonds. The van der Waals surface area contributed by atoms with E-state index in [1.54, 1.807) is 37.5 Å². The molecule has 0 spiro atoms. The van der Waals surface area contributed by atoms with Gasteiger partial charge in [-0.25, -0.2) is 4.79 Å². The van der Waals surface area contributed by atoms with Crippen molar-refractivity contribution in [1.82, 2.24) is 0 Å². The number of carbonyl (C=O) groups excluding carboxylic acids is 1. The zero-order valence-corrected chi connectivity index (χ0v) is 8.79. The van der Waals surface area contributed by atoms with Crippen molar-refractivity contribution >= 4 is 5.97 Å². The Kier molecular flexibility index (Phi) is 2.92. The number of ether oxygens (including phenoxy) is 2. The number of benzene rings is 1. The summed E-state index contributed by atoms with van der Waals surface area (Å²) in [5.74, 6) is 0.233. The summed E-state index contributed by atoms with van der Waals surface area (Å²) in [6.07, 6.45) is 1.39. The molecule has 0 bridgehead atoms. The Labute approximate surface area is 93.1 Å². The molecule has 0 radical (unpaired) electrons. The van der Waals surface area contributed by atoms with Crippen LogP contribution < -0.4 is 4.74 Å². The Hall–Kier alpha value is -1.81. The maximum atomic E-state index is 10.9. The van der Waals surface area contributed by atoms with Crippen LogP contribution in [0.5, 0.6) is 5.75 Å². The lowest BCUT2D eigenvalue weighted by Gasteiger charge is -2.17. The maximum Gasteiger partial charge on any atom is 0.331 e. The quantitative estimate of drug-likeness (QED) is 0.778. The molecule has 0 aliphatic carbocycles. The van der Waals surface area contributed by atoms with E-state index in [2.05, 4.69) is 0 Å². The standard InChI is InChI=1S/C12H12O4/c1-15-9-4-2-3-8(7-9)12(14)10-5-6-11(13)16-10/h2-7,10,12,14H,1H3/t10?,12-/m1/s1. The van der Waals surface area contributed by atoms with Crippen molar-refractivity contribution in [2.75, 3.05) is 7.11 Å². The van der Waals surface area contributed by atoms with Crippen LogP contribution in [0.2, 0.25) is 0 Å². The minimum absolute atomic E-state index is 0.424. The average Bonchev–Trinajstić information content (AvgIpc) is 2.75. The molecule has 16 heavy (non-hydrogen) atoms. The van der Waals surface area contributed by atoms with Crippen LogP contribution in [-0.4, -0.2) is 24.3 Å². The molecule has 0 fully saturated rings. The van der Waals surface area contributed by atoms with Crippen molar-refractivity contribution < 1.29 is 19.4 Å². The molecule has 1 unspecified atom stereocenters. The number of hydrogen-bond acceptors (Lipinski definition) is 4. The van der Waals surface area contributed by atoms with Gasteiger partial charge in [0.2, 0.25) is 0 Å². The smallest absolute Gasteiger partial charge is 0.331 e. The van der Waals surface area contributed by atoms with E-state index in [4.69, 9.17) is 9.47 Å². The van der Waals surface area contributed by atoms with Crippen LogP contribution in [-0.2, 0) is 9.53 Å². The number of cyclic esters (lactones) is 1. The van der Waals surface area contributed by atoms with Gasteiger partial charge in [-0.05, 0) is 23.8 Å². The molecule has 1 aromatic rings. The van der Waals surface area contributed by atoms with Crippen LogP contribution in [0, 0.1) is 0 Å². The van der Waals surface area contributed by atoms with Gasteiger partial charge in [0.1, 0.15) is 11.9 Å². The summed E-state index contributed by atoms with van der Waals surface area (Å²) in [5.41, 5.74) is 0.656. The number of carbonyl (C=O) groups is 1. The average molecular weight is 220 g/mol. The fraction of sp³-hybridized carbons (Fsp3) is 0.250. The lowest BCUT2D eigenvalue weighted by molar-refractivity contribution is -0.142. The fourth-order valence-electron chi connectivity index (χ4n) is 1.57. The van der Waals surface area contributed by atoms with E-state index in [0.29, 0.717) is 11.3 Å². The van der Waals surface area contributed by atoms with E-state index >= 15 is 0 Å². The molecule has 0 saturated carbocycles. The van der Waals surface area contributed by atoms with E-state index < -0.39 is 18.2 Å². The van der Waals surface area contributed by atoms with Crippen LogP contribution in [0.25, 0.3) is 0 Å². The molecule has 2 rings (SSSR count). The molecule has 2 atom stereocenters. The number of aliphatic hydroxyl groups excluding tert-OH is 1. The van der Waals surface area contributed by atoms with Crippen LogP contribution in [0.3, 0.4) is 0 Å². The van der Waals surface area contributed by atoms with Gasteiger partial charge < -0.3 is 14.6 Å². The predicted molar refractivity (Wildman–Crippen MR) is 57.0 cm³/mol. The van der Waals surface area contributed by atoms with E-state index in [0.717, 1.165) is 0 Å². The molecule has 1 heterocycles. The molecular formula is C12H12O4. The van der Waals surface area contributed by atoms with Crippen LogP contribution in [0.4, 0.5) is 0 Å². The third-order valence-electron chi connectivity index (χ3n) is 2.42. The van der Waals surface area contributed by atoms with Crippen molar-refractivity contribution in [3.8, 4) is 5.75 Å². The number of esters is 1. The molecule has 1 aromatic carbocycles. The van der Waals surface area contributed by atoms with Crippen molar-refractivity contribution in [3.05, 3.63) is 42.0 Å². The van der Waals surface area contributed by atoms with Crippen molar-refractivity contribution in [2.24, 2.45) is 0 Å². The SMILES string of the molecule is COc1cccc([C@@H](O)C2C=CC(=O)O2)c1. The molecule has 0 aromatic heterocycles. The first-order chi connectivity index (χ1) is 7.70. The summed E-state index contributed by atoms with van der Waals surface area (Å²) >= 11 is 0. The molecule has 4 nitrogen and oxygen atoms in total. The summed E-state index contributed by atoms with van der Waals surface area (Å²) in [6.45, 7) is 0. The molecule has 1 N–H and O–H groups in total. The predicted octanol–water partition coefficient (Wildman–Crippen LogP) is 1.21. The minimum atomic E-state index is -0.863. The van der Waals surface area contributed by atoms with Gasteiger partial charge in [0.15, 0.2) is 6.10 Å². The van der Waals surface area contributed by atoms with Crippen molar-refractivity contribution in [2.45, 2.75) is 12.2 Å². The van der Waals surface area contributed by atoms with E-state index in [9.17, 15) is 9.90 Å². The lowest BCUT2D eigenvalue weighted by atomic mass is 10.0. The lowest BCUT2D eigenvalue weighted by Crippen LogP contribution is -2.18. The van der Waals surface area contributed by atoms with E-state index in [1.165, 1.54) is 6.08 Å². The molecule has 1 aliphatic rings. The summed E-state index contributed by atoms with van der Waals surface area (Å²) in [5, 5.41) is 9.97. The second-order valence-electron chi connectivity index (χ2n) is 3.48. The Morgan fingerprint density at radius 2 is 2.31 bits per heavy atom. The maximum absolute atomic E-state index is 10.9. The normalized spacial score (nSPS) is 20.6. The van der Waals surface area contributed by atoms with Gasteiger partial charge in [0, 0.05) is 6.08 Å². The van der Waals surface area contributed by atoms with Crippen LogP contribution >= 0.6 is 0 Å². The molecular weight excluding hydrogens is 208 g/mol. The first-order valence-corrected chi connectivity index (χ1v) is 4.91. The van der Waals surface area contributed by atoms with Gasteiger partial charge >= 0.3 is 5.97 Å². The molecule has 84 valence electrons. The summed E-state index contributed by atoms with van der Waals surface area (Å²) in [6, 6.07) is 7.03. The van der Waals surface area contributed by atoms with Crippen molar-refractivity contribution in [1.29, 1.82) is 0 Å². The van der Waals surface area contributed by atoms with Gasteiger partial charge in [0.25, 0.3) is 0 Å². The number of methoxy groups -OCH3 is 1. The second-order valence-corrected chi connectivity index (χ2v) is 3.48. The van der Waals surface area contributed by atoms with Crippen LogP contribution in [0.1, 0.15) is 11.7 Å². The Balaban J connectivity index is 2.17. The Bertz CT molecular complexity index is 425. The molecule has 0 saturated heterocycles. The highest BCUT2D eigenvalue weighted by molar-refractivity contribution is 5.84. The molecule has 1 aliphatic heterocycles. The first kappa shape index (κ1) is 10.7. The molecule has 4 heteroatoms. The van der Waals surface area contributed by atoms with E-state index in [1.807, 2.05) is 0 Å². The Morgan fingerprint density at radius 3 is 2.94 bits per heavy atom. The summed E-state index contributed by atoms with van der Waals surface area (Å²) in [4.78, 5) is 10.9. The summed E-state index contributed by atoms with van der Waals surface area (Å²) in [7, 11) is 1.56. The van der Waals surface area contributed by atoms with Gasteiger partial charge in [-0.3, -0.25) is 0 Å². The Morgan fingerprint density at radius 1 is 1.50 bits per heavy atom. The second kappa shape index (κ2) is 4.37. The zero-order valence-electron chi connectivity index (χ0n) is 8.79. The van der Waals surface area contributed by atoms with E-state index in [-0.39, 0.29) is 0 Å². The van der Waals surface area contributed by atoms with Crippen molar-refractivity contribution in [3.63, 3.8) is 0 Å². The summed E-state index contributed by atoms with van der Waals surface area (Å²) < 4.78 is 9.96. The van der Waals surface area contributed by atoms with Crippen LogP contribution in [0.15, 0.2) is 36.4 Å². The largest absolute Gasteiger partial charge is 0.497 e. The van der Waals surface area contributed by atoms with Gasteiger partial charge in [-0.15, -0.1) is 0 Å². The highest BCUT2D eigenvalue weighted by Gasteiger charge is 2.26. The first-order valence-electron chi connectivity index (χ1n) is 4.91. The minimum Gasteiger partial charge on any atom is -0.497 e. The van der Waals surface area contributed by atoms with Gasteiger partial charge in [0.05, 0.1) is 7.11 Å². The highest BCUT2D eigenvalue weighted by atomic mass is 16.6. The van der Waals surface area contributed by atoms with Gasteiger partial charge in [-0.1, -0.05) is 12.1 Å². The fourth-order valence-corrected chi connectivity index (χ4v) is 1.57. The highest BCUT2D eigenvalue weighted by Crippen LogP contribution is 2.25. The topological polar surface area (TPSA) is 55.8 Å². The number of hydrogen-bond donors (Lipinski definition) is 1. The number of aliphatic hydroxyl groups is 1. The van der Waals surface area contributed by atoms with Gasteiger partial charge in [-0.2, -0.15) is 0 Å². The zero-order chi connectivity index (χ0) is 11.5. The monoisotopic (exact) mass is 220 g/mol. The third-order valence-corrected chi connectivity index (χ3v) is 2.42.